The fraction of sp³-hybridized carbons (Fsp3) is 0.538. The average molecular weight is 300 g/mol. The van der Waals surface area contributed by atoms with Gasteiger partial charge in [0.25, 0.3) is 0 Å². The van der Waals surface area contributed by atoms with Crippen LogP contribution in [0.5, 0.6) is 0 Å². The Morgan fingerprint density at radius 2 is 2.06 bits per heavy atom. The molecule has 0 amide bonds. The van der Waals surface area contributed by atoms with Gasteiger partial charge in [0.15, 0.2) is 0 Å². The minimum Gasteiger partial charge on any atom is -0.394 e. The van der Waals surface area contributed by atoms with Gasteiger partial charge in [-0.25, -0.2) is 0 Å². The Balaban J connectivity index is 2.01. The molecule has 2 N–H and O–H groups in total. The number of rotatable bonds is 4. The van der Waals surface area contributed by atoms with Crippen LogP contribution in [-0.4, -0.2) is 31.0 Å². The van der Waals surface area contributed by atoms with E-state index in [1.54, 1.807) is 0 Å². The zero-order valence-corrected chi connectivity index (χ0v) is 11.3. The van der Waals surface area contributed by atoms with Gasteiger partial charge in [-0.05, 0) is 46.8 Å². The molecule has 94 valence electrons. The molecule has 0 radical (unpaired) electrons. The molecule has 0 saturated carbocycles. The molecule has 1 unspecified atom stereocenters. The maximum atomic E-state index is 9.51. The minimum atomic E-state index is 0.109. The Hall–Kier alpha value is -0.580. The monoisotopic (exact) mass is 299 g/mol. The second-order valence-corrected chi connectivity index (χ2v) is 5.22. The van der Waals surface area contributed by atoms with E-state index in [0.29, 0.717) is 5.92 Å². The van der Waals surface area contributed by atoms with E-state index in [1.165, 1.54) is 0 Å². The summed E-state index contributed by atoms with van der Waals surface area (Å²) >= 11 is 3.51. The topological polar surface area (TPSA) is 41.5 Å². The average Bonchev–Trinajstić information content (AvgIpc) is 2.39. The van der Waals surface area contributed by atoms with E-state index in [2.05, 4.69) is 21.2 Å². The van der Waals surface area contributed by atoms with Crippen LogP contribution in [0, 0.1) is 5.92 Å². The van der Waals surface area contributed by atoms with E-state index in [9.17, 15) is 5.11 Å². The molecule has 17 heavy (non-hydrogen) atoms. The predicted molar refractivity (Wildman–Crippen MR) is 72.2 cm³/mol. The van der Waals surface area contributed by atoms with E-state index in [-0.39, 0.29) is 12.6 Å². The van der Waals surface area contributed by atoms with Crippen LogP contribution in [0.25, 0.3) is 0 Å². The molecular formula is C13H18BrNO2. The van der Waals surface area contributed by atoms with Gasteiger partial charge in [0.2, 0.25) is 0 Å². The molecular weight excluding hydrogens is 282 g/mol. The summed E-state index contributed by atoms with van der Waals surface area (Å²) in [6.45, 7) is 1.77. The molecule has 0 spiro atoms. The van der Waals surface area contributed by atoms with Crippen molar-refractivity contribution in [2.24, 2.45) is 5.92 Å². The van der Waals surface area contributed by atoms with Crippen LogP contribution in [0.1, 0.15) is 12.8 Å². The Morgan fingerprint density at radius 1 is 1.35 bits per heavy atom. The smallest absolute Gasteiger partial charge is 0.0635 e. The lowest BCUT2D eigenvalue weighted by Gasteiger charge is -2.30. The number of hydrogen-bond acceptors (Lipinski definition) is 3. The normalized spacial score (nSPS) is 18.9. The SMILES string of the molecule is OCC(Nc1ccccc1Br)C1CCOCC1. The maximum absolute atomic E-state index is 9.51. The predicted octanol–water partition coefficient (Wildman–Crippen LogP) is 2.65. The molecule has 0 aliphatic carbocycles. The van der Waals surface area contributed by atoms with Crippen LogP contribution in [0.4, 0.5) is 5.69 Å². The van der Waals surface area contributed by atoms with E-state index >= 15 is 0 Å². The van der Waals surface area contributed by atoms with Crippen LogP contribution in [0.3, 0.4) is 0 Å². The van der Waals surface area contributed by atoms with Gasteiger partial charge in [0, 0.05) is 23.4 Å². The number of nitrogens with one attached hydrogen (secondary N) is 1. The highest BCUT2D eigenvalue weighted by molar-refractivity contribution is 9.10. The zero-order chi connectivity index (χ0) is 12.1. The molecule has 1 heterocycles. The summed E-state index contributed by atoms with van der Waals surface area (Å²) < 4.78 is 6.38. The van der Waals surface area contributed by atoms with Crippen molar-refractivity contribution < 1.29 is 9.84 Å². The summed E-state index contributed by atoms with van der Waals surface area (Å²) in [7, 11) is 0. The van der Waals surface area contributed by atoms with E-state index in [1.807, 2.05) is 24.3 Å². The molecule has 1 aliphatic heterocycles. The summed E-state index contributed by atoms with van der Waals surface area (Å²) in [6, 6.07) is 8.10. The highest BCUT2D eigenvalue weighted by Crippen LogP contribution is 2.26. The Labute approximate surface area is 110 Å². The van der Waals surface area contributed by atoms with Crippen LogP contribution >= 0.6 is 15.9 Å². The molecule has 1 atom stereocenters. The van der Waals surface area contributed by atoms with Crippen LogP contribution in [-0.2, 0) is 4.74 Å². The first-order chi connectivity index (χ1) is 8.31. The van der Waals surface area contributed by atoms with E-state index in [0.717, 1.165) is 36.2 Å². The third kappa shape index (κ3) is 3.44. The highest BCUT2D eigenvalue weighted by Gasteiger charge is 2.23. The lowest BCUT2D eigenvalue weighted by Crippen LogP contribution is -2.36. The number of hydrogen-bond donors (Lipinski definition) is 2. The quantitative estimate of drug-likeness (QED) is 0.898. The zero-order valence-electron chi connectivity index (χ0n) is 9.73. The third-order valence-corrected chi connectivity index (χ3v) is 3.94. The molecule has 0 aromatic heterocycles. The van der Waals surface area contributed by atoms with Gasteiger partial charge in [-0.15, -0.1) is 0 Å². The molecule has 1 saturated heterocycles. The summed E-state index contributed by atoms with van der Waals surface area (Å²) in [5.74, 6) is 0.487. The van der Waals surface area contributed by atoms with Crippen molar-refractivity contribution in [2.75, 3.05) is 25.1 Å². The molecule has 1 aliphatic rings. The van der Waals surface area contributed by atoms with Crippen molar-refractivity contribution in [3.8, 4) is 0 Å². The van der Waals surface area contributed by atoms with Gasteiger partial charge in [0.05, 0.1) is 12.6 Å². The number of para-hydroxylation sites is 1. The largest absolute Gasteiger partial charge is 0.394 e. The van der Waals surface area contributed by atoms with Gasteiger partial charge in [-0.2, -0.15) is 0 Å². The summed E-state index contributed by atoms with van der Waals surface area (Å²) in [4.78, 5) is 0. The fourth-order valence-electron chi connectivity index (χ4n) is 2.21. The third-order valence-electron chi connectivity index (χ3n) is 3.25. The minimum absolute atomic E-state index is 0.109. The molecule has 4 heteroatoms. The van der Waals surface area contributed by atoms with Gasteiger partial charge in [-0.3, -0.25) is 0 Å². The molecule has 3 nitrogen and oxygen atoms in total. The van der Waals surface area contributed by atoms with Gasteiger partial charge < -0.3 is 15.2 Å². The van der Waals surface area contributed by atoms with Crippen molar-refractivity contribution in [2.45, 2.75) is 18.9 Å². The lowest BCUT2D eigenvalue weighted by molar-refractivity contribution is 0.0534. The van der Waals surface area contributed by atoms with E-state index < -0.39 is 0 Å². The molecule has 1 aromatic carbocycles. The van der Waals surface area contributed by atoms with Crippen LogP contribution in [0.2, 0.25) is 0 Å². The molecule has 1 fully saturated rings. The second kappa shape index (κ2) is 6.38. The van der Waals surface area contributed by atoms with Crippen LogP contribution < -0.4 is 5.32 Å². The Kier molecular flexibility index (Phi) is 4.83. The van der Waals surface area contributed by atoms with Gasteiger partial charge in [0.1, 0.15) is 0 Å². The van der Waals surface area contributed by atoms with Crippen LogP contribution in [0.15, 0.2) is 28.7 Å². The number of benzene rings is 1. The maximum Gasteiger partial charge on any atom is 0.0635 e. The Morgan fingerprint density at radius 3 is 2.71 bits per heavy atom. The second-order valence-electron chi connectivity index (χ2n) is 4.36. The number of aliphatic hydroxyl groups is 1. The molecule has 0 bridgehead atoms. The number of anilines is 1. The van der Waals surface area contributed by atoms with Gasteiger partial charge >= 0.3 is 0 Å². The lowest BCUT2D eigenvalue weighted by atomic mass is 9.92. The van der Waals surface area contributed by atoms with Crippen molar-refractivity contribution in [3.05, 3.63) is 28.7 Å². The first-order valence-corrected chi connectivity index (χ1v) is 6.80. The summed E-state index contributed by atoms with van der Waals surface area (Å²) in [5, 5.41) is 12.9. The number of aliphatic hydroxyl groups excluding tert-OH is 1. The number of halogens is 1. The fourth-order valence-corrected chi connectivity index (χ4v) is 2.61. The van der Waals surface area contributed by atoms with Crippen molar-refractivity contribution >= 4 is 21.6 Å². The molecule has 1 aromatic rings. The first-order valence-electron chi connectivity index (χ1n) is 6.01. The first kappa shape index (κ1) is 12.9. The summed E-state index contributed by atoms with van der Waals surface area (Å²) in [6.07, 6.45) is 2.03. The van der Waals surface area contributed by atoms with E-state index in [4.69, 9.17) is 4.74 Å². The van der Waals surface area contributed by atoms with Crippen molar-refractivity contribution in [1.29, 1.82) is 0 Å². The van der Waals surface area contributed by atoms with Crippen molar-refractivity contribution in [1.82, 2.24) is 0 Å². The van der Waals surface area contributed by atoms with Gasteiger partial charge in [-0.1, -0.05) is 12.1 Å². The highest BCUT2D eigenvalue weighted by atomic mass is 79.9. The Bertz CT molecular complexity index is 353. The summed E-state index contributed by atoms with van der Waals surface area (Å²) in [5.41, 5.74) is 1.04. The number of ether oxygens (including phenoxy) is 1. The van der Waals surface area contributed by atoms with Crippen molar-refractivity contribution in [3.63, 3.8) is 0 Å². The molecule has 2 rings (SSSR count). The standard InChI is InChI=1S/C13H18BrNO2/c14-11-3-1-2-4-12(11)15-13(9-16)10-5-7-17-8-6-10/h1-4,10,13,15-16H,5-9H2.